The van der Waals surface area contributed by atoms with Gasteiger partial charge in [0.05, 0.1) is 11.9 Å². The fraction of sp³-hybridized carbons (Fsp3) is 0.0769. The monoisotopic (exact) mass is 268 g/mol. The van der Waals surface area contributed by atoms with E-state index in [1.54, 1.807) is 24.5 Å². The molecule has 0 atom stereocenters. The molecule has 7 nitrogen and oxygen atoms in total. The van der Waals surface area contributed by atoms with Gasteiger partial charge in [-0.3, -0.25) is 20.0 Å². The molecule has 0 aliphatic carbocycles. The fourth-order valence-electron chi connectivity index (χ4n) is 1.87. The summed E-state index contributed by atoms with van der Waals surface area (Å²) in [5.74, 6) is 0. The van der Waals surface area contributed by atoms with Crippen LogP contribution in [0, 0.1) is 0 Å². The number of hydrogen-bond acceptors (Lipinski definition) is 4. The molecule has 0 aliphatic rings. The first-order valence-corrected chi connectivity index (χ1v) is 6.00. The molecule has 100 valence electrons. The zero-order chi connectivity index (χ0) is 13.9. The number of aromatic nitrogens is 4. The molecule has 0 unspecified atom stereocenters. The molecule has 0 saturated heterocycles. The Bertz CT molecular complexity index is 796. The smallest absolute Gasteiger partial charge is 0.292 e. The highest BCUT2D eigenvalue weighted by atomic mass is 16.1. The minimum absolute atomic E-state index is 0.246. The maximum absolute atomic E-state index is 11.8. The largest absolute Gasteiger partial charge is 0.349 e. The van der Waals surface area contributed by atoms with Crippen molar-refractivity contribution in [2.24, 2.45) is 17.3 Å². The lowest BCUT2D eigenvalue weighted by Crippen LogP contribution is -1.96. The van der Waals surface area contributed by atoms with E-state index in [0.717, 1.165) is 5.69 Å². The fourth-order valence-corrected chi connectivity index (χ4v) is 1.87. The summed E-state index contributed by atoms with van der Waals surface area (Å²) in [7, 11) is 1.89. The van der Waals surface area contributed by atoms with E-state index in [9.17, 15) is 4.79 Å². The summed E-state index contributed by atoms with van der Waals surface area (Å²) in [5, 5.41) is 13.4. The quantitative estimate of drug-likeness (QED) is 0.714. The molecule has 20 heavy (non-hydrogen) atoms. The molecule has 3 rings (SSSR count). The van der Waals surface area contributed by atoms with Crippen LogP contribution in [0.4, 0.5) is 11.4 Å². The number of azo groups is 1. The molecular weight excluding hydrogens is 256 g/mol. The van der Waals surface area contributed by atoms with Crippen molar-refractivity contribution in [2.45, 2.75) is 0 Å². The number of rotatable bonds is 3. The second-order valence-corrected chi connectivity index (χ2v) is 4.22. The van der Waals surface area contributed by atoms with Gasteiger partial charge in [-0.15, -0.1) is 10.2 Å². The van der Waals surface area contributed by atoms with Crippen molar-refractivity contribution in [3.05, 3.63) is 53.2 Å². The van der Waals surface area contributed by atoms with Crippen LogP contribution in [-0.2, 0) is 7.05 Å². The van der Waals surface area contributed by atoms with Crippen LogP contribution in [-0.4, -0.2) is 19.7 Å². The Labute approximate surface area is 114 Å². The Kier molecular flexibility index (Phi) is 3.00. The highest BCUT2D eigenvalue weighted by molar-refractivity contribution is 5.68. The van der Waals surface area contributed by atoms with Crippen LogP contribution in [0.15, 0.2) is 57.9 Å². The molecular formula is C13H12N6O. The van der Waals surface area contributed by atoms with E-state index in [-0.39, 0.29) is 11.2 Å². The molecule has 0 aliphatic heterocycles. The second kappa shape index (κ2) is 4.96. The van der Waals surface area contributed by atoms with Gasteiger partial charge in [0, 0.05) is 19.4 Å². The highest BCUT2D eigenvalue weighted by Gasteiger charge is 2.13. The van der Waals surface area contributed by atoms with E-state index < -0.39 is 0 Å². The molecule has 0 aromatic carbocycles. The predicted molar refractivity (Wildman–Crippen MR) is 74.2 cm³/mol. The third-order valence-corrected chi connectivity index (χ3v) is 2.86. The van der Waals surface area contributed by atoms with Crippen LogP contribution in [0.1, 0.15) is 0 Å². The first-order valence-electron chi connectivity index (χ1n) is 6.00. The van der Waals surface area contributed by atoms with Gasteiger partial charge in [-0.05, 0) is 24.3 Å². The zero-order valence-electron chi connectivity index (χ0n) is 10.7. The van der Waals surface area contributed by atoms with Gasteiger partial charge in [-0.1, -0.05) is 0 Å². The zero-order valence-corrected chi connectivity index (χ0v) is 10.7. The second-order valence-electron chi connectivity index (χ2n) is 4.22. The third-order valence-electron chi connectivity index (χ3n) is 2.86. The van der Waals surface area contributed by atoms with Crippen molar-refractivity contribution in [1.29, 1.82) is 0 Å². The SMILES string of the molecule is Cn1cccc1-c1[nH][nH]c(=O)c1N=Nc1cccnc1. The molecule has 0 saturated carbocycles. The molecule has 0 fully saturated rings. The van der Waals surface area contributed by atoms with Crippen molar-refractivity contribution >= 4 is 11.4 Å². The summed E-state index contributed by atoms with van der Waals surface area (Å²) in [6.07, 6.45) is 5.12. The van der Waals surface area contributed by atoms with Crippen molar-refractivity contribution < 1.29 is 0 Å². The van der Waals surface area contributed by atoms with Crippen molar-refractivity contribution in [3.8, 4) is 11.4 Å². The summed E-state index contributed by atoms with van der Waals surface area (Å²) in [4.78, 5) is 15.7. The summed E-state index contributed by atoms with van der Waals surface area (Å²) in [6.45, 7) is 0. The Balaban J connectivity index is 2.03. The normalized spacial score (nSPS) is 11.2. The molecule has 0 bridgehead atoms. The van der Waals surface area contributed by atoms with Crippen molar-refractivity contribution in [1.82, 2.24) is 19.7 Å². The van der Waals surface area contributed by atoms with Crippen LogP contribution < -0.4 is 5.56 Å². The number of H-pyrrole nitrogens is 2. The van der Waals surface area contributed by atoms with E-state index >= 15 is 0 Å². The van der Waals surface area contributed by atoms with Crippen molar-refractivity contribution in [3.63, 3.8) is 0 Å². The predicted octanol–water partition coefficient (Wildman–Crippen LogP) is 2.52. The summed E-state index contributed by atoms with van der Waals surface area (Å²) in [6, 6.07) is 7.30. The molecule has 0 radical (unpaired) electrons. The molecule has 0 spiro atoms. The topological polar surface area (TPSA) is 91.2 Å². The van der Waals surface area contributed by atoms with Crippen molar-refractivity contribution in [2.75, 3.05) is 0 Å². The van der Waals surface area contributed by atoms with E-state index in [2.05, 4.69) is 25.4 Å². The summed E-state index contributed by atoms with van der Waals surface area (Å²) < 4.78 is 1.89. The maximum atomic E-state index is 11.8. The summed E-state index contributed by atoms with van der Waals surface area (Å²) in [5.41, 5.74) is 1.98. The van der Waals surface area contributed by atoms with Gasteiger partial charge in [0.15, 0.2) is 5.69 Å². The number of pyridine rings is 1. The lowest BCUT2D eigenvalue weighted by atomic mass is 10.3. The Hall–Kier alpha value is -2.96. The van der Waals surface area contributed by atoms with Crippen LogP contribution in [0.25, 0.3) is 11.4 Å². The number of nitrogens with one attached hydrogen (secondary N) is 2. The van der Waals surface area contributed by atoms with Gasteiger partial charge in [0.1, 0.15) is 11.4 Å². The van der Waals surface area contributed by atoms with Gasteiger partial charge in [-0.2, -0.15) is 0 Å². The number of nitrogens with zero attached hydrogens (tertiary/aromatic N) is 4. The molecule has 3 aromatic rings. The number of aryl methyl sites for hydroxylation is 1. The minimum atomic E-state index is -0.311. The highest BCUT2D eigenvalue weighted by Crippen LogP contribution is 2.26. The lowest BCUT2D eigenvalue weighted by Gasteiger charge is -2.00. The molecule has 2 N–H and O–H groups in total. The van der Waals surface area contributed by atoms with E-state index in [4.69, 9.17) is 0 Å². The first-order chi connectivity index (χ1) is 9.75. The number of hydrogen-bond donors (Lipinski definition) is 2. The molecule has 3 aromatic heterocycles. The van der Waals surface area contributed by atoms with Gasteiger partial charge in [-0.25, -0.2) is 0 Å². The van der Waals surface area contributed by atoms with E-state index in [1.807, 2.05) is 29.9 Å². The van der Waals surface area contributed by atoms with Crippen LogP contribution in [0.5, 0.6) is 0 Å². The van der Waals surface area contributed by atoms with Gasteiger partial charge in [0.2, 0.25) is 0 Å². The van der Waals surface area contributed by atoms with Gasteiger partial charge in [0.25, 0.3) is 5.56 Å². The van der Waals surface area contributed by atoms with Crippen LogP contribution in [0.3, 0.4) is 0 Å². The average Bonchev–Trinajstić information content (AvgIpc) is 3.04. The Morgan fingerprint density at radius 3 is 2.80 bits per heavy atom. The molecule has 3 heterocycles. The van der Waals surface area contributed by atoms with E-state index in [1.165, 1.54) is 0 Å². The van der Waals surface area contributed by atoms with Gasteiger partial charge < -0.3 is 4.57 Å². The Morgan fingerprint density at radius 2 is 2.10 bits per heavy atom. The summed E-state index contributed by atoms with van der Waals surface area (Å²) >= 11 is 0. The molecule has 7 heteroatoms. The lowest BCUT2D eigenvalue weighted by molar-refractivity contribution is 0.925. The van der Waals surface area contributed by atoms with Crippen LogP contribution >= 0.6 is 0 Å². The first kappa shape index (κ1) is 12.1. The average molecular weight is 268 g/mol. The standard InChI is InChI=1S/C13H12N6O/c1-19-7-3-5-10(19)11-12(13(20)18-16-11)17-15-9-4-2-6-14-8-9/h2-8H,1H3,(H2,16,18,20). The third kappa shape index (κ3) is 2.16. The maximum Gasteiger partial charge on any atom is 0.292 e. The van der Waals surface area contributed by atoms with E-state index in [0.29, 0.717) is 11.4 Å². The minimum Gasteiger partial charge on any atom is -0.349 e. The Morgan fingerprint density at radius 1 is 1.20 bits per heavy atom. The number of aromatic amines is 2. The van der Waals surface area contributed by atoms with Crippen LogP contribution in [0.2, 0.25) is 0 Å². The van der Waals surface area contributed by atoms with Gasteiger partial charge >= 0.3 is 0 Å². The molecule has 0 amide bonds.